The zero-order chi connectivity index (χ0) is 21.0. The highest BCUT2D eigenvalue weighted by Crippen LogP contribution is 2.26. The summed E-state index contributed by atoms with van der Waals surface area (Å²) in [5.74, 6) is -1.85. The second kappa shape index (κ2) is 8.70. The highest BCUT2D eigenvalue weighted by molar-refractivity contribution is 6.30. The predicted octanol–water partition coefficient (Wildman–Crippen LogP) is 4.86. The van der Waals surface area contributed by atoms with Gasteiger partial charge in [-0.3, -0.25) is 4.79 Å². The number of pyridine rings is 1. The number of aromatic carboxylic acids is 1. The van der Waals surface area contributed by atoms with Crippen molar-refractivity contribution in [2.45, 2.75) is 13.0 Å². The van der Waals surface area contributed by atoms with E-state index in [0.29, 0.717) is 5.56 Å². The highest BCUT2D eigenvalue weighted by Gasteiger charge is 2.19. The third-order valence-corrected chi connectivity index (χ3v) is 4.28. The highest BCUT2D eigenvalue weighted by atomic mass is 35.5. The van der Waals surface area contributed by atoms with Crippen molar-refractivity contribution < 1.29 is 23.8 Å². The van der Waals surface area contributed by atoms with Gasteiger partial charge in [-0.1, -0.05) is 29.8 Å². The molecule has 148 valence electrons. The Bertz CT molecular complexity index is 1060. The fourth-order valence-electron chi connectivity index (χ4n) is 2.58. The molecule has 1 atom stereocenters. The van der Waals surface area contributed by atoms with Crippen LogP contribution in [0.4, 0.5) is 4.39 Å². The molecule has 1 amide bonds. The minimum absolute atomic E-state index is 0.0223. The van der Waals surface area contributed by atoms with E-state index in [1.807, 2.05) is 0 Å². The molecule has 3 aromatic rings. The van der Waals surface area contributed by atoms with E-state index in [0.717, 1.165) is 0 Å². The van der Waals surface area contributed by atoms with Crippen molar-refractivity contribution in [3.63, 3.8) is 0 Å². The molecule has 1 aromatic heterocycles. The SMILES string of the molecule is CC(NC(=O)c1cc(Cl)cnc1Oc1cccc(F)c1)c1ccc(C(=O)O)cc1. The van der Waals surface area contributed by atoms with Crippen molar-refractivity contribution in [3.8, 4) is 11.6 Å². The van der Waals surface area contributed by atoms with Gasteiger partial charge in [0, 0.05) is 12.3 Å². The summed E-state index contributed by atoms with van der Waals surface area (Å²) in [4.78, 5) is 27.8. The summed E-state index contributed by atoms with van der Waals surface area (Å²) in [5.41, 5.74) is 0.943. The molecule has 3 rings (SSSR count). The second-order valence-electron chi connectivity index (χ2n) is 6.19. The number of halogens is 2. The van der Waals surface area contributed by atoms with Gasteiger partial charge in [0.25, 0.3) is 5.91 Å². The Morgan fingerprint density at radius 2 is 1.90 bits per heavy atom. The molecule has 29 heavy (non-hydrogen) atoms. The number of carbonyl (C=O) groups is 2. The van der Waals surface area contributed by atoms with E-state index in [1.54, 1.807) is 19.1 Å². The van der Waals surface area contributed by atoms with Crippen molar-refractivity contribution in [1.82, 2.24) is 10.3 Å². The molecule has 1 heterocycles. The third-order valence-electron chi connectivity index (χ3n) is 4.08. The number of rotatable bonds is 6. The number of hydrogen-bond donors (Lipinski definition) is 2. The van der Waals surface area contributed by atoms with Crippen LogP contribution in [0.3, 0.4) is 0 Å². The monoisotopic (exact) mass is 414 g/mol. The number of benzene rings is 2. The summed E-state index contributed by atoms with van der Waals surface area (Å²) >= 11 is 5.98. The zero-order valence-electron chi connectivity index (χ0n) is 15.2. The zero-order valence-corrected chi connectivity index (χ0v) is 16.0. The van der Waals surface area contributed by atoms with Gasteiger partial charge >= 0.3 is 5.97 Å². The van der Waals surface area contributed by atoms with Gasteiger partial charge in [0.05, 0.1) is 16.6 Å². The van der Waals surface area contributed by atoms with Crippen LogP contribution in [0.15, 0.2) is 60.8 Å². The van der Waals surface area contributed by atoms with Crippen LogP contribution in [0.1, 0.15) is 39.2 Å². The Balaban J connectivity index is 1.80. The van der Waals surface area contributed by atoms with Crippen LogP contribution in [0.5, 0.6) is 11.6 Å². The minimum Gasteiger partial charge on any atom is -0.478 e. The first kappa shape index (κ1) is 20.3. The summed E-state index contributed by atoms with van der Waals surface area (Å²) in [7, 11) is 0. The van der Waals surface area contributed by atoms with Crippen molar-refractivity contribution in [3.05, 3.63) is 88.3 Å². The molecule has 0 radical (unpaired) electrons. The fourth-order valence-corrected chi connectivity index (χ4v) is 2.74. The average molecular weight is 415 g/mol. The topological polar surface area (TPSA) is 88.5 Å². The lowest BCUT2D eigenvalue weighted by Crippen LogP contribution is -2.27. The van der Waals surface area contributed by atoms with Crippen LogP contribution < -0.4 is 10.1 Å². The van der Waals surface area contributed by atoms with Crippen molar-refractivity contribution in [1.29, 1.82) is 0 Å². The summed E-state index contributed by atoms with van der Waals surface area (Å²) in [6.45, 7) is 1.75. The predicted molar refractivity (Wildman–Crippen MR) is 105 cm³/mol. The van der Waals surface area contributed by atoms with Gasteiger partial charge in [-0.05, 0) is 42.8 Å². The van der Waals surface area contributed by atoms with Crippen LogP contribution in [0.2, 0.25) is 5.02 Å². The largest absolute Gasteiger partial charge is 0.478 e. The maximum atomic E-state index is 13.4. The lowest BCUT2D eigenvalue weighted by molar-refractivity contribution is 0.0696. The van der Waals surface area contributed by atoms with Gasteiger partial charge in [0.15, 0.2) is 0 Å². The Morgan fingerprint density at radius 3 is 2.55 bits per heavy atom. The van der Waals surface area contributed by atoms with Crippen molar-refractivity contribution in [2.24, 2.45) is 0 Å². The molecule has 0 bridgehead atoms. The fraction of sp³-hybridized carbons (Fsp3) is 0.0952. The number of amides is 1. The number of nitrogens with one attached hydrogen (secondary N) is 1. The van der Waals surface area contributed by atoms with Crippen LogP contribution in [0, 0.1) is 5.82 Å². The molecule has 8 heteroatoms. The lowest BCUT2D eigenvalue weighted by atomic mass is 10.1. The van der Waals surface area contributed by atoms with E-state index >= 15 is 0 Å². The first-order valence-electron chi connectivity index (χ1n) is 8.56. The molecule has 1 unspecified atom stereocenters. The summed E-state index contributed by atoms with van der Waals surface area (Å²) in [5, 5.41) is 12.0. The van der Waals surface area contributed by atoms with E-state index < -0.39 is 23.7 Å². The molecule has 0 aliphatic heterocycles. The van der Waals surface area contributed by atoms with Gasteiger partial charge in [-0.15, -0.1) is 0 Å². The van der Waals surface area contributed by atoms with E-state index in [9.17, 15) is 14.0 Å². The molecule has 0 saturated carbocycles. The Labute approximate surface area is 170 Å². The number of hydrogen-bond acceptors (Lipinski definition) is 4. The van der Waals surface area contributed by atoms with E-state index in [4.69, 9.17) is 21.4 Å². The number of nitrogens with zero attached hydrogens (tertiary/aromatic N) is 1. The first-order chi connectivity index (χ1) is 13.8. The number of aromatic nitrogens is 1. The maximum absolute atomic E-state index is 13.4. The summed E-state index contributed by atoms with van der Waals surface area (Å²) in [6, 6.07) is 12.6. The molecule has 0 aliphatic carbocycles. The smallest absolute Gasteiger partial charge is 0.335 e. The van der Waals surface area contributed by atoms with Gasteiger partial charge in [-0.25, -0.2) is 14.2 Å². The molecule has 2 N–H and O–H groups in total. The minimum atomic E-state index is -1.03. The number of ether oxygens (including phenoxy) is 1. The molecule has 2 aromatic carbocycles. The number of carboxylic acid groups (broad SMARTS) is 1. The maximum Gasteiger partial charge on any atom is 0.335 e. The molecular formula is C21H16ClFN2O4. The average Bonchev–Trinajstić information content (AvgIpc) is 2.69. The molecule has 6 nitrogen and oxygen atoms in total. The summed E-state index contributed by atoms with van der Waals surface area (Å²) < 4.78 is 19.0. The van der Waals surface area contributed by atoms with Crippen LogP contribution in [0.25, 0.3) is 0 Å². The van der Waals surface area contributed by atoms with Gasteiger partial charge < -0.3 is 15.2 Å². The standard InChI is InChI=1S/C21H16ClFN2O4/c1-12(13-5-7-14(8-6-13)21(27)28)25-19(26)18-9-15(22)11-24-20(18)29-17-4-2-3-16(23)10-17/h2-12H,1H3,(H,25,26)(H,27,28). The third kappa shape index (κ3) is 5.08. The molecule has 0 spiro atoms. The van der Waals surface area contributed by atoms with Crippen molar-refractivity contribution >= 4 is 23.5 Å². The normalized spacial score (nSPS) is 11.6. The number of carboxylic acids is 1. The molecule has 0 aliphatic rings. The summed E-state index contributed by atoms with van der Waals surface area (Å²) in [6.07, 6.45) is 1.32. The van der Waals surface area contributed by atoms with Crippen LogP contribution >= 0.6 is 11.6 Å². The second-order valence-corrected chi connectivity index (χ2v) is 6.62. The van der Waals surface area contributed by atoms with Gasteiger partial charge in [-0.2, -0.15) is 0 Å². The number of carbonyl (C=O) groups excluding carboxylic acids is 1. The molecule has 0 fully saturated rings. The lowest BCUT2D eigenvalue weighted by Gasteiger charge is -2.16. The first-order valence-corrected chi connectivity index (χ1v) is 8.94. The Kier molecular flexibility index (Phi) is 6.09. The van der Waals surface area contributed by atoms with Crippen LogP contribution in [-0.4, -0.2) is 22.0 Å². The molecular weight excluding hydrogens is 399 g/mol. The Hall–Kier alpha value is -3.45. The van der Waals surface area contributed by atoms with E-state index in [2.05, 4.69) is 10.3 Å². The Morgan fingerprint density at radius 1 is 1.17 bits per heavy atom. The van der Waals surface area contributed by atoms with E-state index in [-0.39, 0.29) is 27.8 Å². The quantitative estimate of drug-likeness (QED) is 0.601. The van der Waals surface area contributed by atoms with Gasteiger partial charge in [0.2, 0.25) is 5.88 Å². The van der Waals surface area contributed by atoms with Crippen LogP contribution in [-0.2, 0) is 0 Å². The van der Waals surface area contributed by atoms with E-state index in [1.165, 1.54) is 48.7 Å². The van der Waals surface area contributed by atoms with Crippen molar-refractivity contribution in [2.75, 3.05) is 0 Å². The van der Waals surface area contributed by atoms with Gasteiger partial charge in [0.1, 0.15) is 17.1 Å². The molecule has 0 saturated heterocycles.